The Balaban J connectivity index is 1.78. The number of nitrogen functional groups attached to an aromatic ring is 1. The number of hydrogen-bond acceptors (Lipinski definition) is 5. The number of aliphatic imine (C=N–C) groups is 2. The molecule has 2 N–H and O–H groups in total. The fraction of sp³-hybridized carbons (Fsp3) is 0.0667. The molecule has 1 aliphatic carbocycles. The van der Waals surface area contributed by atoms with Crippen LogP contribution in [-0.4, -0.2) is 28.9 Å². The molecule has 0 spiro atoms. The van der Waals surface area contributed by atoms with Crippen LogP contribution >= 0.6 is 0 Å². The van der Waals surface area contributed by atoms with Gasteiger partial charge in [-0.1, -0.05) is 18.2 Å². The van der Waals surface area contributed by atoms with E-state index in [0.717, 1.165) is 11.1 Å². The number of hydrogen-bond donors (Lipinski definition) is 1. The highest BCUT2D eigenvalue weighted by Gasteiger charge is 2.20. The van der Waals surface area contributed by atoms with Gasteiger partial charge in [-0.3, -0.25) is 9.79 Å². The van der Waals surface area contributed by atoms with Crippen LogP contribution in [0.3, 0.4) is 0 Å². The molecule has 1 aliphatic heterocycles. The number of amides is 1. The van der Waals surface area contributed by atoms with E-state index >= 15 is 0 Å². The van der Waals surface area contributed by atoms with Gasteiger partial charge in [-0.15, -0.1) is 0 Å². The maximum Gasteiger partial charge on any atom is 0.292 e. The molecular weight excluding hydrogens is 268 g/mol. The second kappa shape index (κ2) is 4.24. The van der Waals surface area contributed by atoms with Crippen LogP contribution in [0.4, 0.5) is 6.01 Å². The first kappa shape index (κ1) is 11.8. The zero-order valence-electron chi connectivity index (χ0n) is 10.9. The third-order valence-electron chi connectivity index (χ3n) is 3.39. The smallest absolute Gasteiger partial charge is 0.292 e. The van der Waals surface area contributed by atoms with Crippen LogP contribution in [0.2, 0.25) is 0 Å². The van der Waals surface area contributed by atoms with E-state index in [0.29, 0.717) is 16.8 Å². The van der Waals surface area contributed by atoms with E-state index in [-0.39, 0.29) is 18.0 Å². The first-order chi connectivity index (χ1) is 10.2. The largest absolute Gasteiger partial charge is 0.424 e. The summed E-state index contributed by atoms with van der Waals surface area (Å²) >= 11 is 0. The molecule has 6 heteroatoms. The summed E-state index contributed by atoms with van der Waals surface area (Å²) in [6, 6.07) is 5.60. The number of carbonyl (C=O) groups is 1. The second-order valence-electron chi connectivity index (χ2n) is 4.79. The predicted molar refractivity (Wildman–Crippen MR) is 80.3 cm³/mol. The Morgan fingerprint density at radius 1 is 1.29 bits per heavy atom. The van der Waals surface area contributed by atoms with Gasteiger partial charge in [-0.25, -0.2) is 4.99 Å². The van der Waals surface area contributed by atoms with E-state index in [4.69, 9.17) is 10.2 Å². The van der Waals surface area contributed by atoms with Crippen molar-refractivity contribution in [2.24, 2.45) is 9.98 Å². The molecule has 0 fully saturated rings. The molecule has 1 unspecified atom stereocenters. The SMILES string of the molecule is Nc1nc2cc(C3=CC4=NC(=O)C=NC4C=C3)ccc2o1. The molecule has 1 aromatic carbocycles. The maximum absolute atomic E-state index is 11.3. The number of allylic oxidation sites excluding steroid dienone is 2. The average Bonchev–Trinajstić information content (AvgIpc) is 2.85. The molecule has 0 radical (unpaired) electrons. The summed E-state index contributed by atoms with van der Waals surface area (Å²) in [6.45, 7) is 0. The topological polar surface area (TPSA) is 93.8 Å². The van der Waals surface area contributed by atoms with Crippen LogP contribution in [-0.2, 0) is 4.79 Å². The van der Waals surface area contributed by atoms with Crippen LogP contribution < -0.4 is 5.73 Å². The third kappa shape index (κ3) is 1.97. The van der Waals surface area contributed by atoms with Crippen molar-refractivity contribution < 1.29 is 9.21 Å². The Bertz CT molecular complexity index is 886. The molecule has 0 bridgehead atoms. The predicted octanol–water partition coefficient (Wildman–Crippen LogP) is 1.78. The number of benzene rings is 1. The molecule has 0 saturated heterocycles. The van der Waals surface area contributed by atoms with E-state index < -0.39 is 0 Å². The number of fused-ring (bicyclic) bond motifs is 2. The highest BCUT2D eigenvalue weighted by atomic mass is 16.4. The molecule has 1 amide bonds. The van der Waals surface area contributed by atoms with E-state index in [1.165, 1.54) is 6.21 Å². The molecule has 0 saturated carbocycles. The van der Waals surface area contributed by atoms with E-state index in [2.05, 4.69) is 15.0 Å². The molecule has 2 aromatic rings. The molecular formula is C15H10N4O2. The van der Waals surface area contributed by atoms with Crippen molar-refractivity contribution in [3.63, 3.8) is 0 Å². The summed E-state index contributed by atoms with van der Waals surface area (Å²) in [5, 5.41) is 0. The zero-order chi connectivity index (χ0) is 14.4. The van der Waals surface area contributed by atoms with Gasteiger partial charge in [0, 0.05) is 0 Å². The highest BCUT2D eigenvalue weighted by Crippen LogP contribution is 2.26. The lowest BCUT2D eigenvalue weighted by Crippen LogP contribution is -2.23. The Kier molecular flexibility index (Phi) is 2.38. The Morgan fingerprint density at radius 3 is 3.10 bits per heavy atom. The highest BCUT2D eigenvalue weighted by molar-refractivity contribution is 6.33. The standard InChI is InChI=1S/C15H10N4O2/c16-15-19-12-6-9(2-4-13(12)21-15)8-1-3-10-11(5-8)18-14(20)7-17-10/h1-7,10H,(H2,16,19). The minimum Gasteiger partial charge on any atom is -0.424 e. The second-order valence-corrected chi connectivity index (χ2v) is 4.79. The lowest BCUT2D eigenvalue weighted by molar-refractivity contribution is -0.111. The Hall–Kier alpha value is -3.02. The maximum atomic E-state index is 11.3. The van der Waals surface area contributed by atoms with Gasteiger partial charge in [0.2, 0.25) is 0 Å². The summed E-state index contributed by atoms with van der Waals surface area (Å²) in [7, 11) is 0. The summed E-state index contributed by atoms with van der Waals surface area (Å²) in [5.41, 5.74) is 9.43. The summed E-state index contributed by atoms with van der Waals surface area (Å²) in [5.74, 6) is -0.327. The lowest BCUT2D eigenvalue weighted by atomic mass is 9.95. The molecule has 21 heavy (non-hydrogen) atoms. The van der Waals surface area contributed by atoms with E-state index in [1.54, 1.807) is 0 Å². The molecule has 2 aliphatic rings. The lowest BCUT2D eigenvalue weighted by Gasteiger charge is -2.17. The van der Waals surface area contributed by atoms with Gasteiger partial charge in [0.15, 0.2) is 5.58 Å². The quantitative estimate of drug-likeness (QED) is 0.860. The summed E-state index contributed by atoms with van der Waals surface area (Å²) in [6.07, 6.45) is 6.99. The van der Waals surface area contributed by atoms with Gasteiger partial charge in [-0.05, 0) is 29.3 Å². The van der Waals surface area contributed by atoms with Crippen molar-refractivity contribution in [3.8, 4) is 0 Å². The number of oxazole rings is 1. The van der Waals surface area contributed by atoms with Gasteiger partial charge >= 0.3 is 0 Å². The van der Waals surface area contributed by atoms with Crippen LogP contribution in [0.1, 0.15) is 5.56 Å². The molecule has 4 rings (SSSR count). The van der Waals surface area contributed by atoms with Crippen LogP contribution in [0.15, 0.2) is 50.8 Å². The molecule has 102 valence electrons. The van der Waals surface area contributed by atoms with Crippen molar-refractivity contribution >= 4 is 40.5 Å². The van der Waals surface area contributed by atoms with Crippen molar-refractivity contribution in [2.75, 3.05) is 5.73 Å². The number of carbonyl (C=O) groups excluding carboxylic acids is 1. The Labute approximate surface area is 119 Å². The summed E-state index contributed by atoms with van der Waals surface area (Å²) in [4.78, 5) is 23.6. The van der Waals surface area contributed by atoms with Gasteiger partial charge in [-0.2, -0.15) is 4.98 Å². The van der Waals surface area contributed by atoms with Crippen molar-refractivity contribution in [1.82, 2.24) is 4.98 Å². The van der Waals surface area contributed by atoms with Crippen molar-refractivity contribution in [1.29, 1.82) is 0 Å². The first-order valence-electron chi connectivity index (χ1n) is 6.41. The summed E-state index contributed by atoms with van der Waals surface area (Å²) < 4.78 is 5.25. The number of nitrogens with zero attached hydrogens (tertiary/aromatic N) is 3. The van der Waals surface area contributed by atoms with Crippen LogP contribution in [0, 0.1) is 0 Å². The van der Waals surface area contributed by atoms with Crippen LogP contribution in [0.25, 0.3) is 16.7 Å². The van der Waals surface area contributed by atoms with E-state index in [1.807, 2.05) is 36.4 Å². The molecule has 1 aromatic heterocycles. The van der Waals surface area contributed by atoms with E-state index in [9.17, 15) is 4.79 Å². The van der Waals surface area contributed by atoms with Gasteiger partial charge in [0.25, 0.3) is 11.9 Å². The Morgan fingerprint density at radius 2 is 2.19 bits per heavy atom. The zero-order valence-corrected chi connectivity index (χ0v) is 10.9. The van der Waals surface area contributed by atoms with Gasteiger partial charge in [0.1, 0.15) is 11.6 Å². The first-order valence-corrected chi connectivity index (χ1v) is 6.41. The number of rotatable bonds is 1. The molecule has 2 heterocycles. The third-order valence-corrected chi connectivity index (χ3v) is 3.39. The normalized spacial score (nSPS) is 20.4. The fourth-order valence-electron chi connectivity index (χ4n) is 2.42. The van der Waals surface area contributed by atoms with Crippen molar-refractivity contribution in [2.45, 2.75) is 6.04 Å². The number of anilines is 1. The molecule has 6 nitrogen and oxygen atoms in total. The average molecular weight is 278 g/mol. The van der Waals surface area contributed by atoms with Crippen LogP contribution in [0.5, 0.6) is 0 Å². The van der Waals surface area contributed by atoms with Crippen molar-refractivity contribution in [3.05, 3.63) is 42.0 Å². The minimum atomic E-state index is -0.327. The van der Waals surface area contributed by atoms with Gasteiger partial charge in [0.05, 0.1) is 11.9 Å². The molecule has 1 atom stereocenters. The van der Waals surface area contributed by atoms with Gasteiger partial charge < -0.3 is 10.2 Å². The monoisotopic (exact) mass is 278 g/mol. The minimum absolute atomic E-state index is 0.145. The number of nitrogens with two attached hydrogens (primary N) is 1. The fourth-order valence-corrected chi connectivity index (χ4v) is 2.42. The number of aromatic nitrogens is 1.